The Morgan fingerprint density at radius 1 is 0.852 bits per heavy atom. The zero-order valence-corrected chi connectivity index (χ0v) is 16.4. The first-order valence-electron chi connectivity index (χ1n) is 8.62. The SMILES string of the molecule is Cl.OC(CNCc1ccccc1OCc1ccccc1Cl)c1ccccc1. The third-order valence-corrected chi connectivity index (χ3v) is 4.52. The van der Waals surface area contributed by atoms with Gasteiger partial charge in [0.15, 0.2) is 0 Å². The summed E-state index contributed by atoms with van der Waals surface area (Å²) >= 11 is 6.19. The van der Waals surface area contributed by atoms with Crippen LogP contribution in [0.2, 0.25) is 5.02 Å². The van der Waals surface area contributed by atoms with E-state index in [2.05, 4.69) is 5.32 Å². The molecule has 3 nitrogen and oxygen atoms in total. The van der Waals surface area contributed by atoms with Gasteiger partial charge in [-0.3, -0.25) is 0 Å². The van der Waals surface area contributed by atoms with Crippen molar-refractivity contribution in [3.05, 3.63) is 101 Å². The Morgan fingerprint density at radius 2 is 1.48 bits per heavy atom. The number of aliphatic hydroxyl groups excluding tert-OH is 1. The van der Waals surface area contributed by atoms with Crippen molar-refractivity contribution in [3.8, 4) is 5.75 Å². The molecule has 142 valence electrons. The topological polar surface area (TPSA) is 41.5 Å². The van der Waals surface area contributed by atoms with Crippen molar-refractivity contribution in [2.24, 2.45) is 0 Å². The van der Waals surface area contributed by atoms with Crippen LogP contribution in [0, 0.1) is 0 Å². The minimum absolute atomic E-state index is 0. The van der Waals surface area contributed by atoms with E-state index >= 15 is 0 Å². The summed E-state index contributed by atoms with van der Waals surface area (Å²) in [6.45, 7) is 1.51. The average Bonchev–Trinajstić information content (AvgIpc) is 2.69. The summed E-state index contributed by atoms with van der Waals surface area (Å²) in [6, 6.07) is 25.2. The number of aliphatic hydroxyl groups is 1. The number of hydrogen-bond acceptors (Lipinski definition) is 3. The molecule has 0 spiro atoms. The lowest BCUT2D eigenvalue weighted by Crippen LogP contribution is -2.21. The van der Waals surface area contributed by atoms with Crippen LogP contribution in [-0.4, -0.2) is 11.7 Å². The molecule has 5 heteroatoms. The van der Waals surface area contributed by atoms with E-state index in [0.717, 1.165) is 22.4 Å². The van der Waals surface area contributed by atoms with E-state index in [0.29, 0.717) is 24.7 Å². The third kappa shape index (κ3) is 6.26. The summed E-state index contributed by atoms with van der Waals surface area (Å²) in [6.07, 6.45) is -0.535. The van der Waals surface area contributed by atoms with E-state index in [4.69, 9.17) is 16.3 Å². The van der Waals surface area contributed by atoms with Gasteiger partial charge < -0.3 is 15.2 Å². The number of ether oxygens (including phenoxy) is 1. The fourth-order valence-electron chi connectivity index (χ4n) is 2.70. The fraction of sp³-hybridized carbons (Fsp3) is 0.182. The van der Waals surface area contributed by atoms with E-state index in [9.17, 15) is 5.11 Å². The maximum atomic E-state index is 10.2. The maximum Gasteiger partial charge on any atom is 0.124 e. The first-order chi connectivity index (χ1) is 12.7. The van der Waals surface area contributed by atoms with Gasteiger partial charge in [-0.05, 0) is 17.7 Å². The van der Waals surface area contributed by atoms with Gasteiger partial charge in [-0.1, -0.05) is 78.3 Å². The first kappa shape index (κ1) is 21.3. The Kier molecular flexibility index (Phi) is 8.62. The Hall–Kier alpha value is -2.04. The van der Waals surface area contributed by atoms with Crippen LogP contribution in [0.1, 0.15) is 22.8 Å². The summed E-state index contributed by atoms with van der Waals surface area (Å²) in [5.74, 6) is 0.814. The van der Waals surface area contributed by atoms with Crippen LogP contribution >= 0.6 is 24.0 Å². The highest BCUT2D eigenvalue weighted by Gasteiger charge is 2.08. The van der Waals surface area contributed by atoms with Crippen LogP contribution in [0.3, 0.4) is 0 Å². The quantitative estimate of drug-likeness (QED) is 0.545. The van der Waals surface area contributed by atoms with Crippen molar-refractivity contribution in [3.63, 3.8) is 0 Å². The predicted octanol–water partition coefficient (Wildman–Crippen LogP) is 5.16. The van der Waals surface area contributed by atoms with Gasteiger partial charge in [-0.25, -0.2) is 0 Å². The number of para-hydroxylation sites is 1. The molecule has 1 unspecified atom stereocenters. The summed E-state index contributed by atoms with van der Waals surface area (Å²) in [7, 11) is 0. The van der Waals surface area contributed by atoms with Gasteiger partial charge >= 0.3 is 0 Å². The monoisotopic (exact) mass is 403 g/mol. The van der Waals surface area contributed by atoms with Gasteiger partial charge in [0.05, 0.1) is 6.10 Å². The Bertz CT molecular complexity index is 827. The fourth-order valence-corrected chi connectivity index (χ4v) is 2.89. The van der Waals surface area contributed by atoms with E-state index in [-0.39, 0.29) is 12.4 Å². The molecular weight excluding hydrogens is 381 g/mol. The van der Waals surface area contributed by atoms with Crippen molar-refractivity contribution in [1.29, 1.82) is 0 Å². The number of halogens is 2. The molecule has 3 aromatic rings. The minimum Gasteiger partial charge on any atom is -0.489 e. The molecule has 0 aliphatic rings. The molecule has 3 rings (SSSR count). The number of hydrogen-bond donors (Lipinski definition) is 2. The molecule has 0 radical (unpaired) electrons. The van der Waals surface area contributed by atoms with E-state index in [1.54, 1.807) is 0 Å². The molecular formula is C22H23Cl2NO2. The van der Waals surface area contributed by atoms with Crippen molar-refractivity contribution >= 4 is 24.0 Å². The lowest BCUT2D eigenvalue weighted by Gasteiger charge is -2.15. The largest absolute Gasteiger partial charge is 0.489 e. The molecule has 27 heavy (non-hydrogen) atoms. The summed E-state index contributed by atoms with van der Waals surface area (Å²) in [5.41, 5.74) is 2.90. The van der Waals surface area contributed by atoms with Crippen LogP contribution in [0.5, 0.6) is 5.75 Å². The zero-order valence-electron chi connectivity index (χ0n) is 14.8. The molecule has 0 aromatic heterocycles. The third-order valence-electron chi connectivity index (χ3n) is 4.15. The van der Waals surface area contributed by atoms with Gasteiger partial charge in [0.1, 0.15) is 12.4 Å². The van der Waals surface area contributed by atoms with Gasteiger partial charge in [-0.2, -0.15) is 0 Å². The zero-order chi connectivity index (χ0) is 18.2. The standard InChI is InChI=1S/C22H22ClNO2.ClH/c23-20-12-6-4-11-19(20)16-26-22-13-7-5-10-18(22)14-24-15-21(25)17-8-2-1-3-9-17;/h1-13,21,24-25H,14-16H2;1H. The second-order valence-electron chi connectivity index (χ2n) is 6.05. The molecule has 0 aliphatic heterocycles. The average molecular weight is 404 g/mol. The summed E-state index contributed by atoms with van der Waals surface area (Å²) < 4.78 is 5.96. The molecule has 1 atom stereocenters. The highest BCUT2D eigenvalue weighted by atomic mass is 35.5. The number of benzene rings is 3. The molecule has 0 heterocycles. The Labute approximate surface area is 171 Å². The van der Waals surface area contributed by atoms with Crippen LogP contribution in [0.15, 0.2) is 78.9 Å². The molecule has 2 N–H and O–H groups in total. The van der Waals surface area contributed by atoms with Crippen molar-refractivity contribution in [2.45, 2.75) is 19.3 Å². The summed E-state index contributed by atoms with van der Waals surface area (Å²) in [4.78, 5) is 0. The molecule has 0 bridgehead atoms. The van der Waals surface area contributed by atoms with E-state index in [1.165, 1.54) is 0 Å². The van der Waals surface area contributed by atoms with Crippen molar-refractivity contribution in [2.75, 3.05) is 6.54 Å². The predicted molar refractivity (Wildman–Crippen MR) is 113 cm³/mol. The molecule has 0 saturated carbocycles. The second kappa shape index (κ2) is 11.0. The van der Waals surface area contributed by atoms with Crippen LogP contribution in [-0.2, 0) is 13.2 Å². The molecule has 0 saturated heterocycles. The first-order valence-corrected chi connectivity index (χ1v) is 8.99. The highest BCUT2D eigenvalue weighted by Crippen LogP contribution is 2.22. The van der Waals surface area contributed by atoms with E-state index < -0.39 is 6.10 Å². The molecule has 0 aliphatic carbocycles. The lowest BCUT2D eigenvalue weighted by molar-refractivity contribution is 0.174. The summed E-state index contributed by atoms with van der Waals surface area (Å²) in [5, 5.41) is 14.2. The van der Waals surface area contributed by atoms with Gasteiger partial charge in [0, 0.05) is 29.2 Å². The second-order valence-corrected chi connectivity index (χ2v) is 6.45. The molecule has 3 aromatic carbocycles. The highest BCUT2D eigenvalue weighted by molar-refractivity contribution is 6.31. The Balaban J connectivity index is 0.00000261. The molecule has 0 fully saturated rings. The van der Waals surface area contributed by atoms with Gasteiger partial charge in [0.2, 0.25) is 0 Å². The molecule has 0 amide bonds. The number of nitrogens with one attached hydrogen (secondary N) is 1. The smallest absolute Gasteiger partial charge is 0.124 e. The minimum atomic E-state index is -0.535. The maximum absolute atomic E-state index is 10.2. The van der Waals surface area contributed by atoms with Crippen molar-refractivity contribution < 1.29 is 9.84 Å². The normalized spacial score (nSPS) is 11.5. The van der Waals surface area contributed by atoms with Gasteiger partial charge in [-0.15, -0.1) is 12.4 Å². The van der Waals surface area contributed by atoms with Crippen LogP contribution < -0.4 is 10.1 Å². The van der Waals surface area contributed by atoms with Crippen molar-refractivity contribution in [1.82, 2.24) is 5.32 Å². The van der Waals surface area contributed by atoms with Crippen LogP contribution in [0.25, 0.3) is 0 Å². The van der Waals surface area contributed by atoms with Crippen LogP contribution in [0.4, 0.5) is 0 Å². The number of rotatable bonds is 8. The Morgan fingerprint density at radius 3 is 2.22 bits per heavy atom. The lowest BCUT2D eigenvalue weighted by atomic mass is 10.1. The van der Waals surface area contributed by atoms with Gasteiger partial charge in [0.25, 0.3) is 0 Å². The van der Waals surface area contributed by atoms with E-state index in [1.807, 2.05) is 78.9 Å².